The molecule has 1 heterocycles. The summed E-state index contributed by atoms with van der Waals surface area (Å²) in [5, 5.41) is 4.44. The first-order chi connectivity index (χ1) is 6.38. The Bertz CT molecular complexity index is 397. The molecule has 0 bridgehead atoms. The van der Waals surface area contributed by atoms with Gasteiger partial charge in [0.2, 0.25) is 11.9 Å². The predicted molar refractivity (Wildman–Crippen MR) is 54.7 cm³/mol. The molecule has 0 aliphatic carbocycles. The first-order valence-corrected chi connectivity index (χ1v) is 4.56. The van der Waals surface area contributed by atoms with Crippen LogP contribution in [0.2, 0.25) is 5.02 Å². The smallest absolute Gasteiger partial charge is 0.242 e. The lowest BCUT2D eigenvalue weighted by Crippen LogP contribution is -2.16. The number of hydrogen-bond donors (Lipinski definition) is 0. The van der Waals surface area contributed by atoms with Crippen LogP contribution in [0.3, 0.4) is 0 Å². The lowest BCUT2D eigenvalue weighted by atomic mass is 9.92. The topological polar surface area (TPSA) is 47.2 Å². The highest BCUT2D eigenvalue weighted by atomic mass is 35.5. The van der Waals surface area contributed by atoms with E-state index in [0.717, 1.165) is 5.69 Å². The van der Waals surface area contributed by atoms with Gasteiger partial charge in [0.1, 0.15) is 5.02 Å². The van der Waals surface area contributed by atoms with E-state index in [2.05, 4.69) is 10.1 Å². The van der Waals surface area contributed by atoms with E-state index >= 15 is 0 Å². The highest BCUT2D eigenvalue weighted by Crippen LogP contribution is 2.34. The van der Waals surface area contributed by atoms with Crippen LogP contribution in [0.15, 0.2) is 4.99 Å². The monoisotopic (exact) mass is 213 g/mol. The highest BCUT2D eigenvalue weighted by Gasteiger charge is 2.25. The summed E-state index contributed by atoms with van der Waals surface area (Å²) in [6, 6.07) is 0. The zero-order valence-electron chi connectivity index (χ0n) is 8.63. The van der Waals surface area contributed by atoms with Gasteiger partial charge in [0.05, 0.1) is 5.69 Å². The first-order valence-electron chi connectivity index (χ1n) is 4.18. The number of carbonyl (C=O) groups excluding carboxylic acids is 1. The summed E-state index contributed by atoms with van der Waals surface area (Å²) in [5.41, 5.74) is 0.725. The second-order valence-electron chi connectivity index (χ2n) is 4.06. The van der Waals surface area contributed by atoms with E-state index in [1.165, 1.54) is 6.08 Å². The average molecular weight is 214 g/mol. The fourth-order valence-corrected chi connectivity index (χ4v) is 1.90. The quantitative estimate of drug-likeness (QED) is 0.531. The molecule has 76 valence electrons. The maximum Gasteiger partial charge on any atom is 0.242 e. The molecule has 0 aliphatic heterocycles. The Morgan fingerprint density at radius 3 is 2.43 bits per heavy atom. The van der Waals surface area contributed by atoms with Crippen LogP contribution in [-0.2, 0) is 17.3 Å². The van der Waals surface area contributed by atoms with Gasteiger partial charge < -0.3 is 0 Å². The van der Waals surface area contributed by atoms with Crippen molar-refractivity contribution in [3.05, 3.63) is 10.7 Å². The fourth-order valence-electron chi connectivity index (χ4n) is 1.41. The van der Waals surface area contributed by atoms with Crippen LogP contribution in [0.4, 0.5) is 5.82 Å². The number of aliphatic imine (C=N–C) groups is 1. The van der Waals surface area contributed by atoms with Crippen molar-refractivity contribution in [1.82, 2.24) is 9.78 Å². The molecule has 0 saturated heterocycles. The number of hydrogen-bond acceptors (Lipinski definition) is 3. The van der Waals surface area contributed by atoms with Gasteiger partial charge in [-0.25, -0.2) is 4.79 Å². The zero-order chi connectivity index (χ0) is 10.9. The minimum Gasteiger partial charge on any atom is -0.268 e. The molecule has 5 heteroatoms. The summed E-state index contributed by atoms with van der Waals surface area (Å²) in [6.07, 6.45) is 1.43. The molecular formula is C9H12ClN3O. The molecule has 0 fully saturated rings. The molecule has 0 spiro atoms. The molecule has 14 heavy (non-hydrogen) atoms. The number of halogens is 1. The third-order valence-corrected chi connectivity index (χ3v) is 2.18. The van der Waals surface area contributed by atoms with Crippen LogP contribution >= 0.6 is 11.6 Å². The third kappa shape index (κ3) is 1.86. The van der Waals surface area contributed by atoms with E-state index in [0.29, 0.717) is 5.02 Å². The minimum absolute atomic E-state index is 0.129. The predicted octanol–water partition coefficient (Wildman–Crippen LogP) is 2.34. The van der Waals surface area contributed by atoms with Crippen LogP contribution in [0.1, 0.15) is 26.5 Å². The average Bonchev–Trinajstić information content (AvgIpc) is 2.26. The number of rotatable bonds is 1. The van der Waals surface area contributed by atoms with Crippen LogP contribution < -0.4 is 0 Å². The molecule has 1 rings (SSSR count). The van der Waals surface area contributed by atoms with Gasteiger partial charge >= 0.3 is 0 Å². The summed E-state index contributed by atoms with van der Waals surface area (Å²) in [7, 11) is 1.77. The van der Waals surface area contributed by atoms with Crippen molar-refractivity contribution < 1.29 is 4.79 Å². The van der Waals surface area contributed by atoms with Gasteiger partial charge in [-0.2, -0.15) is 5.10 Å². The van der Waals surface area contributed by atoms with Crippen LogP contribution in [0.25, 0.3) is 0 Å². The molecule has 0 unspecified atom stereocenters. The zero-order valence-corrected chi connectivity index (χ0v) is 9.38. The Morgan fingerprint density at radius 2 is 2.07 bits per heavy atom. The number of nitrogens with zero attached hydrogens (tertiary/aromatic N) is 3. The molecule has 4 nitrogen and oxygen atoms in total. The Labute approximate surface area is 87.6 Å². The Hall–Kier alpha value is -1.12. The summed E-state index contributed by atoms with van der Waals surface area (Å²) < 4.78 is 1.64. The van der Waals surface area contributed by atoms with Crippen molar-refractivity contribution >= 4 is 23.5 Å². The molecule has 1 aromatic rings. The summed E-state index contributed by atoms with van der Waals surface area (Å²) in [6.45, 7) is 6.05. The van der Waals surface area contributed by atoms with Crippen molar-refractivity contribution in [2.75, 3.05) is 0 Å². The third-order valence-electron chi connectivity index (χ3n) is 1.83. The highest BCUT2D eigenvalue weighted by molar-refractivity contribution is 6.33. The van der Waals surface area contributed by atoms with Crippen molar-refractivity contribution in [1.29, 1.82) is 0 Å². The second-order valence-corrected chi connectivity index (χ2v) is 4.44. The molecule has 0 amide bonds. The van der Waals surface area contributed by atoms with Gasteiger partial charge in [-0.1, -0.05) is 32.4 Å². The summed E-state index contributed by atoms with van der Waals surface area (Å²) >= 11 is 6.04. The first kappa shape index (κ1) is 11.0. The van der Waals surface area contributed by atoms with Crippen molar-refractivity contribution in [2.24, 2.45) is 12.0 Å². The molecule has 0 atom stereocenters. The van der Waals surface area contributed by atoms with Gasteiger partial charge in [0, 0.05) is 12.5 Å². The van der Waals surface area contributed by atoms with E-state index in [-0.39, 0.29) is 11.2 Å². The molecule has 0 aliphatic rings. The summed E-state index contributed by atoms with van der Waals surface area (Å²) in [4.78, 5) is 13.5. The van der Waals surface area contributed by atoms with Crippen molar-refractivity contribution in [3.8, 4) is 0 Å². The van der Waals surface area contributed by atoms with Crippen molar-refractivity contribution in [3.63, 3.8) is 0 Å². The normalized spacial score (nSPS) is 11.2. The van der Waals surface area contributed by atoms with E-state index in [1.54, 1.807) is 11.7 Å². The van der Waals surface area contributed by atoms with Gasteiger partial charge in [-0.15, -0.1) is 4.99 Å². The summed E-state index contributed by atoms with van der Waals surface area (Å²) in [5.74, 6) is 0.231. The maximum atomic E-state index is 10.1. The van der Waals surface area contributed by atoms with E-state index in [4.69, 9.17) is 11.6 Å². The molecule has 0 radical (unpaired) electrons. The molecule has 0 N–H and O–H groups in total. The lowest BCUT2D eigenvalue weighted by Gasteiger charge is -2.18. The minimum atomic E-state index is -0.129. The van der Waals surface area contributed by atoms with E-state index < -0.39 is 0 Å². The molecule has 1 aromatic heterocycles. The Balaban J connectivity index is 3.39. The fraction of sp³-hybridized carbons (Fsp3) is 0.556. The van der Waals surface area contributed by atoms with Gasteiger partial charge in [0.15, 0.2) is 0 Å². The SMILES string of the molecule is Cn1nc(N=C=O)c(Cl)c1C(C)(C)C. The molecule has 0 aromatic carbocycles. The molecular weight excluding hydrogens is 202 g/mol. The standard InChI is InChI=1S/C9H12ClN3O/c1-9(2,3)7-6(10)8(11-5-14)12-13(7)4/h1-4H3. The number of aromatic nitrogens is 2. The number of aryl methyl sites for hydroxylation is 1. The van der Waals surface area contributed by atoms with E-state index in [9.17, 15) is 4.79 Å². The number of isocyanates is 1. The Kier molecular flexibility index (Phi) is 2.79. The lowest BCUT2D eigenvalue weighted by molar-refractivity contribution is 0.523. The maximum absolute atomic E-state index is 10.1. The van der Waals surface area contributed by atoms with Crippen molar-refractivity contribution in [2.45, 2.75) is 26.2 Å². The van der Waals surface area contributed by atoms with Gasteiger partial charge in [-0.05, 0) is 0 Å². The van der Waals surface area contributed by atoms with Gasteiger partial charge in [0.25, 0.3) is 0 Å². The molecule has 0 saturated carbocycles. The second kappa shape index (κ2) is 3.56. The van der Waals surface area contributed by atoms with Crippen LogP contribution in [-0.4, -0.2) is 15.9 Å². The van der Waals surface area contributed by atoms with Crippen LogP contribution in [0.5, 0.6) is 0 Å². The van der Waals surface area contributed by atoms with Crippen LogP contribution in [0, 0.1) is 0 Å². The van der Waals surface area contributed by atoms with E-state index in [1.807, 2.05) is 20.8 Å². The van der Waals surface area contributed by atoms with Gasteiger partial charge in [-0.3, -0.25) is 4.68 Å². The largest absolute Gasteiger partial charge is 0.268 e. The Morgan fingerprint density at radius 1 is 1.50 bits per heavy atom.